The van der Waals surface area contributed by atoms with E-state index in [9.17, 15) is 3.87 Å². The van der Waals surface area contributed by atoms with E-state index in [0.29, 0.717) is 0 Å². The van der Waals surface area contributed by atoms with Crippen molar-refractivity contribution in [1.82, 2.24) is 0 Å². The molecule has 28 heavy (non-hydrogen) atoms. The molecule has 0 spiro atoms. The fourth-order valence-electron chi connectivity index (χ4n) is 3.33. The van der Waals surface area contributed by atoms with Crippen molar-refractivity contribution >= 4 is 16.1 Å². The maximum absolute atomic E-state index is 12.5. The average molecular weight is 446 g/mol. The van der Waals surface area contributed by atoms with Crippen molar-refractivity contribution in [2.45, 2.75) is 82.9 Å². The Hall–Kier alpha value is -0.964. The molecule has 2 aromatic rings. The standard InChI is InChI=1S/C13H10Cl.C12H25.Co.O/c14-13-8-6-12(7-9-13)10-11-4-2-1-3-5-11;1-3-5-7-9-11-12-10-8-6-4-2;;/h2-9H,10H2;1,3-12H2,2H3;;. The number of hydrogen-bond donors (Lipinski definition) is 0. The summed E-state index contributed by atoms with van der Waals surface area (Å²) in [6.07, 6.45) is 14.0. The third-order valence-electron chi connectivity index (χ3n) is 5.06. The monoisotopic (exact) mass is 445 g/mol. The van der Waals surface area contributed by atoms with Gasteiger partial charge >= 0.3 is 181 Å². The van der Waals surface area contributed by atoms with Gasteiger partial charge in [0.2, 0.25) is 0 Å². The molecule has 0 saturated carbocycles. The van der Waals surface area contributed by atoms with E-state index in [4.69, 9.17) is 11.6 Å². The molecule has 0 aliphatic heterocycles. The van der Waals surface area contributed by atoms with Crippen molar-refractivity contribution < 1.29 is 17.5 Å². The summed E-state index contributed by atoms with van der Waals surface area (Å²) in [5.41, 5.74) is 2.49. The minimum atomic E-state index is -1.23. The zero-order chi connectivity index (χ0) is 20.0. The van der Waals surface area contributed by atoms with Crippen molar-refractivity contribution in [3.8, 4) is 0 Å². The molecule has 3 heteroatoms. The van der Waals surface area contributed by atoms with Gasteiger partial charge in [-0.3, -0.25) is 0 Å². The molecular formula is C25H35ClCoO. The fraction of sp³-hybridized carbons (Fsp3) is 0.520. The first-order valence-corrected chi connectivity index (χ1v) is 12.8. The first-order valence-electron chi connectivity index (χ1n) is 10.8. The van der Waals surface area contributed by atoms with Crippen LogP contribution in [0.15, 0.2) is 48.5 Å². The molecule has 0 radical (unpaired) electrons. The molecule has 0 fully saturated rings. The van der Waals surface area contributed by atoms with Crippen molar-refractivity contribution in [3.05, 3.63) is 64.7 Å². The van der Waals surface area contributed by atoms with E-state index in [0.717, 1.165) is 27.7 Å². The Bertz CT molecular complexity index is 679. The van der Waals surface area contributed by atoms with Crippen LogP contribution in [0.25, 0.3) is 0 Å². The Morgan fingerprint density at radius 2 is 1.14 bits per heavy atom. The molecule has 0 amide bonds. The molecule has 0 unspecified atom stereocenters. The Morgan fingerprint density at radius 3 is 1.68 bits per heavy atom. The Labute approximate surface area is 180 Å². The number of rotatable bonds is 14. The Balaban J connectivity index is 1.60. The van der Waals surface area contributed by atoms with Crippen molar-refractivity contribution in [3.63, 3.8) is 0 Å². The van der Waals surface area contributed by atoms with Gasteiger partial charge in [0.05, 0.1) is 0 Å². The van der Waals surface area contributed by atoms with E-state index < -0.39 is 13.6 Å². The van der Waals surface area contributed by atoms with Crippen LogP contribution in [0.4, 0.5) is 0 Å². The number of hydrogen-bond acceptors (Lipinski definition) is 1. The molecule has 2 aromatic carbocycles. The summed E-state index contributed by atoms with van der Waals surface area (Å²) >= 11 is 4.71. The van der Waals surface area contributed by atoms with Crippen LogP contribution < -0.4 is 4.50 Å². The average Bonchev–Trinajstić information content (AvgIpc) is 2.71. The van der Waals surface area contributed by atoms with E-state index in [1.165, 1.54) is 68.9 Å². The number of benzene rings is 2. The van der Waals surface area contributed by atoms with Crippen LogP contribution in [0.3, 0.4) is 0 Å². The van der Waals surface area contributed by atoms with E-state index in [1.54, 1.807) is 0 Å². The molecule has 157 valence electrons. The summed E-state index contributed by atoms with van der Waals surface area (Å²) in [5, 5.41) is 1.59. The number of halogens is 1. The molecule has 0 aliphatic rings. The van der Waals surface area contributed by atoms with Crippen LogP contribution in [0.2, 0.25) is 10.4 Å². The molecule has 2 rings (SSSR count). The van der Waals surface area contributed by atoms with E-state index in [1.807, 2.05) is 24.3 Å². The summed E-state index contributed by atoms with van der Waals surface area (Å²) in [7, 11) is 0. The Kier molecular flexibility index (Phi) is 11.7. The third-order valence-corrected chi connectivity index (χ3v) is 7.17. The van der Waals surface area contributed by atoms with Gasteiger partial charge in [0.15, 0.2) is 0 Å². The molecule has 1 nitrogen and oxygen atoms in total. The summed E-state index contributed by atoms with van der Waals surface area (Å²) in [4.78, 5) is 0. The third kappa shape index (κ3) is 9.49. The quantitative estimate of drug-likeness (QED) is 0.270. The summed E-state index contributed by atoms with van der Waals surface area (Å²) < 4.78 is 13.5. The van der Waals surface area contributed by atoms with Gasteiger partial charge in [-0.1, -0.05) is 0 Å². The van der Waals surface area contributed by atoms with E-state index >= 15 is 0 Å². The second-order valence-corrected chi connectivity index (χ2v) is 9.97. The van der Waals surface area contributed by atoms with Gasteiger partial charge in [0.1, 0.15) is 0 Å². The zero-order valence-corrected chi connectivity index (χ0v) is 19.0. The van der Waals surface area contributed by atoms with Crippen LogP contribution in [-0.2, 0) is 23.9 Å². The molecule has 0 atom stereocenters. The van der Waals surface area contributed by atoms with E-state index in [-0.39, 0.29) is 0 Å². The molecule has 0 aromatic heterocycles. The summed E-state index contributed by atoms with van der Waals surface area (Å²) in [5.74, 6) is 0. The molecule has 0 bridgehead atoms. The first-order chi connectivity index (χ1) is 13.7. The van der Waals surface area contributed by atoms with Gasteiger partial charge in [-0.2, -0.15) is 0 Å². The van der Waals surface area contributed by atoms with Crippen molar-refractivity contribution in [2.24, 2.45) is 0 Å². The van der Waals surface area contributed by atoms with Gasteiger partial charge in [-0.15, -0.1) is 0 Å². The maximum atomic E-state index is 12.5. The molecule has 0 aliphatic carbocycles. The predicted octanol–water partition coefficient (Wildman–Crippen LogP) is 7.86. The normalized spacial score (nSPS) is 11.6. The van der Waals surface area contributed by atoms with Gasteiger partial charge in [-0.05, 0) is 0 Å². The number of unbranched alkanes of at least 4 members (excludes halogenated alkanes) is 9. The van der Waals surface area contributed by atoms with Crippen LogP contribution in [-0.4, -0.2) is 0 Å². The minimum absolute atomic E-state index is 0.767. The van der Waals surface area contributed by atoms with Crippen LogP contribution in [0.5, 0.6) is 0 Å². The van der Waals surface area contributed by atoms with E-state index in [2.05, 4.69) is 31.2 Å². The first kappa shape index (κ1) is 23.3. The van der Waals surface area contributed by atoms with Gasteiger partial charge in [-0.25, -0.2) is 0 Å². The summed E-state index contributed by atoms with van der Waals surface area (Å²) in [6, 6.07) is 16.3. The van der Waals surface area contributed by atoms with Gasteiger partial charge in [0.25, 0.3) is 0 Å². The summed E-state index contributed by atoms with van der Waals surface area (Å²) in [6.45, 7) is 2.26. The van der Waals surface area contributed by atoms with Gasteiger partial charge < -0.3 is 0 Å². The molecule has 0 heterocycles. The second kappa shape index (κ2) is 14.1. The second-order valence-electron chi connectivity index (χ2n) is 7.53. The Morgan fingerprint density at radius 1 is 0.679 bits per heavy atom. The van der Waals surface area contributed by atoms with Crippen LogP contribution in [0, 0.1) is 0 Å². The van der Waals surface area contributed by atoms with Crippen molar-refractivity contribution in [2.75, 3.05) is 0 Å². The predicted molar refractivity (Wildman–Crippen MR) is 118 cm³/mol. The molecular weight excluding hydrogens is 411 g/mol. The fourth-order valence-corrected chi connectivity index (χ4v) is 4.91. The van der Waals surface area contributed by atoms with Crippen molar-refractivity contribution in [1.29, 1.82) is 0 Å². The SMILES string of the molecule is CCCCCCCCCCC[CH2][Co](=[O])[c]1ccc(Cc2ccc(Cl)cc2)cc1. The van der Waals surface area contributed by atoms with Crippen LogP contribution >= 0.6 is 11.6 Å². The molecule has 0 saturated heterocycles. The van der Waals surface area contributed by atoms with Crippen LogP contribution in [0.1, 0.15) is 82.3 Å². The molecule has 0 N–H and O–H groups in total. The van der Waals surface area contributed by atoms with Gasteiger partial charge in [0, 0.05) is 0 Å². The zero-order valence-electron chi connectivity index (χ0n) is 17.2. The topological polar surface area (TPSA) is 17.1 Å².